The number of hydrogen-bond donors (Lipinski definition) is 1. The van der Waals surface area contributed by atoms with Crippen molar-refractivity contribution in [3.05, 3.63) is 34.9 Å². The quantitative estimate of drug-likeness (QED) is 0.605. The molecule has 4 heteroatoms. The lowest BCUT2D eigenvalue weighted by Gasteiger charge is -2.25. The van der Waals surface area contributed by atoms with Crippen LogP contribution in [0.25, 0.3) is 0 Å². The first kappa shape index (κ1) is 14.8. The third-order valence-electron chi connectivity index (χ3n) is 2.84. The molecule has 0 bridgehead atoms. The minimum atomic E-state index is 0.367. The van der Waals surface area contributed by atoms with Crippen LogP contribution in [-0.4, -0.2) is 37.5 Å². The summed E-state index contributed by atoms with van der Waals surface area (Å²) in [6.07, 6.45) is 0. The van der Waals surface area contributed by atoms with Crippen LogP contribution in [0, 0.1) is 0 Å². The number of benzene rings is 1. The maximum absolute atomic E-state index is 5.87. The molecule has 0 aliphatic rings. The smallest absolute Gasteiger partial charge is 0.0593 e. The molecule has 0 spiro atoms. The van der Waals surface area contributed by atoms with E-state index in [9.17, 15) is 0 Å². The molecule has 1 rings (SSSR count). The van der Waals surface area contributed by atoms with Gasteiger partial charge in [0.1, 0.15) is 0 Å². The highest BCUT2D eigenvalue weighted by molar-refractivity contribution is 7.80. The monoisotopic (exact) mass is 273 g/mol. The van der Waals surface area contributed by atoms with E-state index in [0.717, 1.165) is 23.9 Å². The maximum Gasteiger partial charge on any atom is 0.0593 e. The average Bonchev–Trinajstić information content (AvgIpc) is 2.34. The van der Waals surface area contributed by atoms with Crippen LogP contribution in [-0.2, 0) is 4.74 Å². The van der Waals surface area contributed by atoms with Gasteiger partial charge in [-0.15, -0.1) is 0 Å². The van der Waals surface area contributed by atoms with Gasteiger partial charge < -0.3 is 4.74 Å². The number of halogens is 1. The van der Waals surface area contributed by atoms with Gasteiger partial charge in [-0.1, -0.05) is 23.7 Å². The zero-order valence-corrected chi connectivity index (χ0v) is 12.0. The second-order valence-electron chi connectivity index (χ2n) is 4.04. The second kappa shape index (κ2) is 7.98. The number of nitrogens with zero attached hydrogens (tertiary/aromatic N) is 1. The molecule has 96 valence electrons. The van der Waals surface area contributed by atoms with Gasteiger partial charge >= 0.3 is 0 Å². The van der Waals surface area contributed by atoms with Crippen molar-refractivity contribution in [2.24, 2.45) is 0 Å². The lowest BCUT2D eigenvalue weighted by atomic mass is 10.1. The van der Waals surface area contributed by atoms with Crippen LogP contribution in [0.5, 0.6) is 0 Å². The van der Waals surface area contributed by atoms with Crippen molar-refractivity contribution in [1.82, 2.24) is 4.90 Å². The summed E-state index contributed by atoms with van der Waals surface area (Å²) in [6, 6.07) is 8.36. The van der Waals surface area contributed by atoms with E-state index in [-0.39, 0.29) is 0 Å². The lowest BCUT2D eigenvalue weighted by molar-refractivity contribution is 0.112. The van der Waals surface area contributed by atoms with Gasteiger partial charge in [0.2, 0.25) is 0 Å². The molecule has 1 aromatic carbocycles. The van der Waals surface area contributed by atoms with Gasteiger partial charge in [-0.05, 0) is 31.7 Å². The molecular weight excluding hydrogens is 254 g/mol. The third kappa shape index (κ3) is 5.30. The predicted octanol–water partition coefficient (Wildman–Crippen LogP) is 3.28. The van der Waals surface area contributed by atoms with E-state index in [2.05, 4.69) is 43.6 Å². The van der Waals surface area contributed by atoms with Crippen molar-refractivity contribution in [2.75, 3.05) is 32.6 Å². The number of hydrogen-bond acceptors (Lipinski definition) is 3. The molecule has 1 aromatic rings. The Hall–Kier alpha value is -0.220. The minimum absolute atomic E-state index is 0.367. The summed E-state index contributed by atoms with van der Waals surface area (Å²) in [5.74, 6) is 0.774. The van der Waals surface area contributed by atoms with Crippen LogP contribution in [0.2, 0.25) is 5.02 Å². The van der Waals surface area contributed by atoms with Gasteiger partial charge in [0.05, 0.1) is 13.2 Å². The average molecular weight is 274 g/mol. The summed E-state index contributed by atoms with van der Waals surface area (Å²) in [4.78, 5) is 2.27. The van der Waals surface area contributed by atoms with E-state index in [1.54, 1.807) is 0 Å². The van der Waals surface area contributed by atoms with E-state index in [0.29, 0.717) is 12.6 Å². The fourth-order valence-corrected chi connectivity index (χ4v) is 1.82. The van der Waals surface area contributed by atoms with Gasteiger partial charge in [-0.2, -0.15) is 12.6 Å². The van der Waals surface area contributed by atoms with Gasteiger partial charge in [-0.3, -0.25) is 4.90 Å². The first-order valence-corrected chi connectivity index (χ1v) is 6.80. The fraction of sp³-hybridized carbons (Fsp3) is 0.538. The fourth-order valence-electron chi connectivity index (χ4n) is 1.56. The Kier molecular flexibility index (Phi) is 6.97. The Balaban J connectivity index is 2.40. The van der Waals surface area contributed by atoms with Crippen LogP contribution < -0.4 is 0 Å². The van der Waals surface area contributed by atoms with Gasteiger partial charge in [-0.25, -0.2) is 0 Å². The van der Waals surface area contributed by atoms with Crippen molar-refractivity contribution < 1.29 is 4.74 Å². The SMILES string of the molecule is CC(c1ccc(Cl)cc1)N(C)CCOCCS. The zero-order valence-electron chi connectivity index (χ0n) is 10.4. The molecule has 1 unspecified atom stereocenters. The summed E-state index contributed by atoms with van der Waals surface area (Å²) < 4.78 is 5.42. The van der Waals surface area contributed by atoms with Crippen LogP contribution >= 0.6 is 24.2 Å². The Morgan fingerprint density at radius 1 is 1.29 bits per heavy atom. The molecule has 0 aliphatic heterocycles. The van der Waals surface area contributed by atoms with Crippen LogP contribution in [0.4, 0.5) is 0 Å². The Morgan fingerprint density at radius 2 is 1.94 bits per heavy atom. The van der Waals surface area contributed by atoms with Crippen LogP contribution in [0.15, 0.2) is 24.3 Å². The van der Waals surface area contributed by atoms with E-state index in [1.807, 2.05) is 12.1 Å². The highest BCUT2D eigenvalue weighted by atomic mass is 35.5. The minimum Gasteiger partial charge on any atom is -0.379 e. The second-order valence-corrected chi connectivity index (χ2v) is 4.93. The number of rotatable bonds is 7. The van der Waals surface area contributed by atoms with Crippen molar-refractivity contribution >= 4 is 24.2 Å². The summed E-state index contributed by atoms with van der Waals surface area (Å²) in [7, 11) is 2.10. The van der Waals surface area contributed by atoms with E-state index >= 15 is 0 Å². The topological polar surface area (TPSA) is 12.5 Å². The molecule has 0 fully saturated rings. The Bertz CT molecular complexity index is 318. The molecule has 0 saturated carbocycles. The lowest BCUT2D eigenvalue weighted by Crippen LogP contribution is -2.26. The Labute approximate surface area is 114 Å². The highest BCUT2D eigenvalue weighted by Gasteiger charge is 2.10. The summed E-state index contributed by atoms with van der Waals surface area (Å²) in [5.41, 5.74) is 1.27. The van der Waals surface area contributed by atoms with Crippen molar-refractivity contribution in [2.45, 2.75) is 13.0 Å². The van der Waals surface area contributed by atoms with Crippen LogP contribution in [0.1, 0.15) is 18.5 Å². The first-order valence-electron chi connectivity index (χ1n) is 5.79. The van der Waals surface area contributed by atoms with E-state index < -0.39 is 0 Å². The molecule has 1 atom stereocenters. The molecule has 0 aromatic heterocycles. The van der Waals surface area contributed by atoms with Gasteiger partial charge in [0.15, 0.2) is 0 Å². The molecule has 0 amide bonds. The van der Waals surface area contributed by atoms with E-state index in [4.69, 9.17) is 16.3 Å². The molecular formula is C13H20ClNOS. The van der Waals surface area contributed by atoms with Crippen molar-refractivity contribution in [3.63, 3.8) is 0 Å². The molecule has 0 aliphatic carbocycles. The number of ether oxygens (including phenoxy) is 1. The highest BCUT2D eigenvalue weighted by Crippen LogP contribution is 2.20. The standard InChI is InChI=1S/C13H20ClNOS/c1-11(12-3-5-13(14)6-4-12)15(2)7-8-16-9-10-17/h3-6,11,17H,7-10H2,1-2H3. The largest absolute Gasteiger partial charge is 0.379 e. The van der Waals surface area contributed by atoms with E-state index in [1.165, 1.54) is 5.56 Å². The van der Waals surface area contributed by atoms with Gasteiger partial charge in [0.25, 0.3) is 0 Å². The zero-order chi connectivity index (χ0) is 12.7. The third-order valence-corrected chi connectivity index (χ3v) is 3.27. The normalized spacial score (nSPS) is 13.0. The molecule has 17 heavy (non-hydrogen) atoms. The molecule has 0 saturated heterocycles. The molecule has 2 nitrogen and oxygen atoms in total. The number of likely N-dealkylation sites (N-methyl/N-ethyl adjacent to an activating group) is 1. The summed E-state index contributed by atoms with van der Waals surface area (Å²) in [5, 5.41) is 0.778. The molecule has 0 heterocycles. The maximum atomic E-state index is 5.87. The van der Waals surface area contributed by atoms with Crippen molar-refractivity contribution in [3.8, 4) is 0 Å². The number of thiol groups is 1. The van der Waals surface area contributed by atoms with Gasteiger partial charge in [0, 0.05) is 23.4 Å². The predicted molar refractivity (Wildman–Crippen MR) is 77.2 cm³/mol. The molecule has 0 radical (unpaired) electrons. The van der Waals surface area contributed by atoms with Crippen molar-refractivity contribution in [1.29, 1.82) is 0 Å². The Morgan fingerprint density at radius 3 is 2.53 bits per heavy atom. The first-order chi connectivity index (χ1) is 8.15. The molecule has 0 N–H and O–H groups in total. The van der Waals surface area contributed by atoms with Crippen LogP contribution in [0.3, 0.4) is 0 Å². The summed E-state index contributed by atoms with van der Waals surface area (Å²) in [6.45, 7) is 4.56. The summed E-state index contributed by atoms with van der Waals surface area (Å²) >= 11 is 9.97.